The second-order valence-electron chi connectivity index (χ2n) is 8.57. The molecule has 2 saturated heterocycles. The minimum absolute atomic E-state index is 0.0423. The maximum Gasteiger partial charge on any atom is 0.410 e. The lowest BCUT2D eigenvalue weighted by Crippen LogP contribution is -2.61. The number of piperazine rings is 1. The number of carbonyl (C=O) groups excluding carboxylic acids is 1. The summed E-state index contributed by atoms with van der Waals surface area (Å²) in [4.78, 5) is 18.8. The van der Waals surface area contributed by atoms with Crippen molar-refractivity contribution in [2.45, 2.75) is 44.9 Å². The molecule has 0 aromatic heterocycles. The van der Waals surface area contributed by atoms with E-state index < -0.39 is 11.7 Å². The van der Waals surface area contributed by atoms with E-state index >= 15 is 0 Å². The molecule has 2 aliphatic rings. The van der Waals surface area contributed by atoms with E-state index in [2.05, 4.69) is 21.9 Å². The van der Waals surface area contributed by atoms with Gasteiger partial charge >= 0.3 is 6.09 Å². The van der Waals surface area contributed by atoms with Crippen molar-refractivity contribution in [2.24, 2.45) is 0 Å². The van der Waals surface area contributed by atoms with Crippen LogP contribution >= 0.6 is 0 Å². The fourth-order valence-corrected chi connectivity index (χ4v) is 3.88. The molecule has 28 heavy (non-hydrogen) atoms. The van der Waals surface area contributed by atoms with E-state index in [1.54, 1.807) is 12.0 Å². The van der Waals surface area contributed by atoms with Crippen molar-refractivity contribution < 1.29 is 19.4 Å². The van der Waals surface area contributed by atoms with Crippen molar-refractivity contribution in [3.63, 3.8) is 0 Å². The highest BCUT2D eigenvalue weighted by Gasteiger charge is 2.36. The van der Waals surface area contributed by atoms with Crippen LogP contribution in [0, 0.1) is 0 Å². The Bertz CT molecular complexity index is 651. The first-order chi connectivity index (χ1) is 13.3. The van der Waals surface area contributed by atoms with E-state index in [-0.39, 0.29) is 12.1 Å². The Morgan fingerprint density at radius 1 is 1.07 bits per heavy atom. The van der Waals surface area contributed by atoms with Gasteiger partial charge in [-0.15, -0.1) is 0 Å². The van der Waals surface area contributed by atoms with Crippen LogP contribution < -0.4 is 9.64 Å². The number of carbonyl (C=O) groups is 1. The van der Waals surface area contributed by atoms with E-state index in [0.717, 1.165) is 31.9 Å². The molecule has 1 amide bonds. The Hall–Kier alpha value is -1.99. The number of hydrogen-bond acceptors (Lipinski definition) is 6. The molecule has 2 heterocycles. The Balaban J connectivity index is 1.56. The van der Waals surface area contributed by atoms with Crippen LogP contribution in [0.5, 0.6) is 5.75 Å². The lowest BCUT2D eigenvalue weighted by atomic mass is 10.00. The van der Waals surface area contributed by atoms with Crippen molar-refractivity contribution in [2.75, 3.05) is 51.3 Å². The zero-order chi connectivity index (χ0) is 20.3. The van der Waals surface area contributed by atoms with Gasteiger partial charge in [0.1, 0.15) is 11.4 Å². The van der Waals surface area contributed by atoms with Crippen LogP contribution in [0.15, 0.2) is 24.3 Å². The zero-order valence-corrected chi connectivity index (χ0v) is 17.4. The highest BCUT2D eigenvalue weighted by atomic mass is 16.6. The van der Waals surface area contributed by atoms with Crippen LogP contribution in [-0.2, 0) is 4.74 Å². The molecule has 0 unspecified atom stereocenters. The van der Waals surface area contributed by atoms with Gasteiger partial charge in [-0.05, 0) is 51.5 Å². The van der Waals surface area contributed by atoms with Crippen molar-refractivity contribution in [3.05, 3.63) is 24.3 Å². The number of aliphatic hydroxyl groups excluding tert-OH is 1. The van der Waals surface area contributed by atoms with E-state index in [4.69, 9.17) is 9.47 Å². The Kier molecular flexibility index (Phi) is 6.35. The van der Waals surface area contributed by atoms with Crippen LogP contribution in [0.4, 0.5) is 10.5 Å². The molecule has 0 radical (unpaired) electrons. The van der Waals surface area contributed by atoms with Crippen LogP contribution in [-0.4, -0.2) is 85.1 Å². The molecule has 0 bridgehead atoms. The SMILES string of the molecule is COc1ccc(N2CCN([C@@H]3CN(C(=O)OC(C)(C)C)CC[C@H]3O)CC2)cc1. The molecule has 3 rings (SSSR count). The summed E-state index contributed by atoms with van der Waals surface area (Å²) in [7, 11) is 1.67. The van der Waals surface area contributed by atoms with Crippen molar-refractivity contribution in [1.82, 2.24) is 9.80 Å². The van der Waals surface area contributed by atoms with E-state index in [1.807, 2.05) is 32.9 Å². The average molecular weight is 392 g/mol. The minimum Gasteiger partial charge on any atom is -0.497 e. The first-order valence-corrected chi connectivity index (χ1v) is 10.1. The maximum absolute atomic E-state index is 12.4. The Morgan fingerprint density at radius 3 is 2.29 bits per heavy atom. The van der Waals surface area contributed by atoms with Crippen molar-refractivity contribution in [3.8, 4) is 5.75 Å². The molecule has 7 nitrogen and oxygen atoms in total. The maximum atomic E-state index is 12.4. The summed E-state index contributed by atoms with van der Waals surface area (Å²) >= 11 is 0. The molecule has 0 saturated carbocycles. The minimum atomic E-state index is -0.507. The summed E-state index contributed by atoms with van der Waals surface area (Å²) in [6.45, 7) is 10.2. The van der Waals surface area contributed by atoms with Gasteiger partial charge in [-0.1, -0.05) is 0 Å². The molecule has 0 spiro atoms. The van der Waals surface area contributed by atoms with E-state index in [9.17, 15) is 9.90 Å². The predicted molar refractivity (Wildman–Crippen MR) is 109 cm³/mol. The van der Waals surface area contributed by atoms with Gasteiger partial charge in [-0.3, -0.25) is 4.90 Å². The van der Waals surface area contributed by atoms with Crippen LogP contribution in [0.1, 0.15) is 27.2 Å². The predicted octanol–water partition coefficient (Wildman–Crippen LogP) is 2.19. The quantitative estimate of drug-likeness (QED) is 0.852. The largest absolute Gasteiger partial charge is 0.497 e. The number of methoxy groups -OCH3 is 1. The van der Waals surface area contributed by atoms with Crippen LogP contribution in [0.2, 0.25) is 0 Å². The molecule has 1 aromatic rings. The summed E-state index contributed by atoms with van der Waals surface area (Å²) in [6, 6.07) is 8.07. The number of rotatable bonds is 3. The lowest BCUT2D eigenvalue weighted by molar-refractivity contribution is -0.0284. The average Bonchev–Trinajstić information content (AvgIpc) is 2.67. The Morgan fingerprint density at radius 2 is 1.71 bits per heavy atom. The normalized spacial score (nSPS) is 24.2. The highest BCUT2D eigenvalue weighted by molar-refractivity contribution is 5.68. The number of ether oxygens (including phenoxy) is 2. The third-order valence-corrected chi connectivity index (χ3v) is 5.42. The fraction of sp³-hybridized carbons (Fsp3) is 0.667. The monoisotopic (exact) mass is 391 g/mol. The number of nitrogens with zero attached hydrogens (tertiary/aromatic N) is 3. The van der Waals surface area contributed by atoms with E-state index in [0.29, 0.717) is 19.5 Å². The Labute approximate surface area is 167 Å². The second-order valence-corrected chi connectivity index (χ2v) is 8.57. The number of amides is 1. The summed E-state index contributed by atoms with van der Waals surface area (Å²) in [5, 5.41) is 10.5. The summed E-state index contributed by atoms with van der Waals surface area (Å²) in [6.07, 6.45) is -0.115. The molecular weight excluding hydrogens is 358 g/mol. The van der Waals surface area contributed by atoms with Crippen molar-refractivity contribution >= 4 is 11.8 Å². The lowest BCUT2D eigenvalue weighted by Gasteiger charge is -2.45. The third-order valence-electron chi connectivity index (χ3n) is 5.42. The number of likely N-dealkylation sites (tertiary alicyclic amines) is 1. The standard InChI is InChI=1S/C21H33N3O4/c1-21(2,3)28-20(26)24-10-9-19(25)18(15-24)23-13-11-22(12-14-23)16-5-7-17(27-4)8-6-16/h5-8,18-19,25H,9-15H2,1-4H3/t18-,19-/m1/s1. The molecule has 2 aliphatic heterocycles. The van der Waals surface area contributed by atoms with Gasteiger partial charge in [0.2, 0.25) is 0 Å². The molecule has 156 valence electrons. The molecule has 1 N–H and O–H groups in total. The summed E-state index contributed by atoms with van der Waals surface area (Å²) in [5.74, 6) is 0.856. The number of benzene rings is 1. The number of aliphatic hydroxyl groups is 1. The van der Waals surface area contributed by atoms with Crippen LogP contribution in [0.25, 0.3) is 0 Å². The molecule has 2 atom stereocenters. The summed E-state index contributed by atoms with van der Waals surface area (Å²) in [5.41, 5.74) is 0.673. The van der Waals surface area contributed by atoms with Gasteiger partial charge in [0.25, 0.3) is 0 Å². The molecule has 2 fully saturated rings. The molecule has 7 heteroatoms. The van der Waals surface area contributed by atoms with Gasteiger partial charge in [-0.2, -0.15) is 0 Å². The first kappa shape index (κ1) is 20.7. The van der Waals surface area contributed by atoms with Gasteiger partial charge in [0.15, 0.2) is 0 Å². The molecule has 1 aromatic carbocycles. The van der Waals surface area contributed by atoms with Gasteiger partial charge in [0, 0.05) is 45.0 Å². The topological polar surface area (TPSA) is 65.5 Å². The zero-order valence-electron chi connectivity index (χ0n) is 17.4. The fourth-order valence-electron chi connectivity index (χ4n) is 3.88. The third kappa shape index (κ3) is 5.08. The smallest absolute Gasteiger partial charge is 0.410 e. The molecule has 0 aliphatic carbocycles. The number of anilines is 1. The highest BCUT2D eigenvalue weighted by Crippen LogP contribution is 2.24. The number of piperidine rings is 1. The van der Waals surface area contributed by atoms with Gasteiger partial charge in [-0.25, -0.2) is 4.79 Å². The summed E-state index contributed by atoms with van der Waals surface area (Å²) < 4.78 is 10.7. The van der Waals surface area contributed by atoms with Gasteiger partial charge < -0.3 is 24.4 Å². The molecular formula is C21H33N3O4. The van der Waals surface area contributed by atoms with Gasteiger partial charge in [0.05, 0.1) is 19.3 Å². The number of hydrogen-bond donors (Lipinski definition) is 1. The van der Waals surface area contributed by atoms with E-state index in [1.165, 1.54) is 5.69 Å². The van der Waals surface area contributed by atoms with Crippen molar-refractivity contribution in [1.29, 1.82) is 0 Å². The van der Waals surface area contributed by atoms with Crippen LogP contribution in [0.3, 0.4) is 0 Å². The second kappa shape index (κ2) is 8.57. The first-order valence-electron chi connectivity index (χ1n) is 10.1.